The molecule has 5 aromatic rings. The molecule has 0 heterocycles. The van der Waals surface area contributed by atoms with Crippen molar-refractivity contribution in [2.75, 3.05) is 5.32 Å². The van der Waals surface area contributed by atoms with E-state index in [4.69, 9.17) is 4.74 Å². The van der Waals surface area contributed by atoms with Gasteiger partial charge in [-0.2, -0.15) is 0 Å². The number of fused-ring (bicyclic) bond motifs is 6. The normalized spacial score (nSPS) is 13.5. The van der Waals surface area contributed by atoms with Crippen LogP contribution in [0.15, 0.2) is 127 Å². The minimum atomic E-state index is -0.446. The Hall–Kier alpha value is -4.63. The van der Waals surface area contributed by atoms with E-state index in [2.05, 4.69) is 102 Å². The second-order valence-corrected chi connectivity index (χ2v) is 9.67. The van der Waals surface area contributed by atoms with Gasteiger partial charge in [0.1, 0.15) is 6.10 Å². The minimum absolute atomic E-state index is 0.0989. The minimum Gasteiger partial charge on any atom is -0.444 e. The third kappa shape index (κ3) is 3.54. The standard InChI is InChI=1S/C34H25NO2/c36-34(35-22-12-2-1-3-13-22)37-33(31-27-18-8-4-14-23(27)24-15-5-9-19-28(24)31)32-29-20-10-6-16-25(29)26-17-7-11-21-30(26)32/h1-21,31-33H,(H,35,36). The predicted molar refractivity (Wildman–Crippen MR) is 148 cm³/mol. The van der Waals surface area contributed by atoms with E-state index in [1.807, 2.05) is 30.3 Å². The zero-order valence-electron chi connectivity index (χ0n) is 20.2. The fraction of sp³-hybridized carbons (Fsp3) is 0.0882. The molecule has 0 aromatic heterocycles. The molecule has 3 nitrogen and oxygen atoms in total. The highest BCUT2D eigenvalue weighted by atomic mass is 16.6. The van der Waals surface area contributed by atoms with Gasteiger partial charge >= 0.3 is 6.09 Å². The smallest absolute Gasteiger partial charge is 0.411 e. The van der Waals surface area contributed by atoms with E-state index >= 15 is 0 Å². The number of carbonyl (C=O) groups excluding carboxylic acids is 1. The molecule has 5 aromatic carbocycles. The number of hydrogen-bond donors (Lipinski definition) is 1. The highest BCUT2D eigenvalue weighted by Crippen LogP contribution is 2.54. The van der Waals surface area contributed by atoms with Gasteiger partial charge in [-0.25, -0.2) is 4.79 Å². The first kappa shape index (κ1) is 21.6. The predicted octanol–water partition coefficient (Wildman–Crippen LogP) is 8.23. The van der Waals surface area contributed by atoms with E-state index in [9.17, 15) is 4.79 Å². The maximum atomic E-state index is 13.5. The lowest BCUT2D eigenvalue weighted by Gasteiger charge is -2.32. The van der Waals surface area contributed by atoms with Crippen LogP contribution in [0.25, 0.3) is 22.3 Å². The molecule has 3 heteroatoms. The molecule has 0 unspecified atom stereocenters. The van der Waals surface area contributed by atoms with Crippen molar-refractivity contribution in [1.29, 1.82) is 0 Å². The molecule has 37 heavy (non-hydrogen) atoms. The summed E-state index contributed by atoms with van der Waals surface area (Å²) < 4.78 is 6.50. The lowest BCUT2D eigenvalue weighted by atomic mass is 9.79. The molecule has 1 amide bonds. The Morgan fingerprint density at radius 2 is 0.865 bits per heavy atom. The summed E-state index contributed by atoms with van der Waals surface area (Å²) in [5.41, 5.74) is 10.3. The first-order chi connectivity index (χ1) is 18.3. The topological polar surface area (TPSA) is 38.3 Å². The molecule has 1 N–H and O–H groups in total. The van der Waals surface area contributed by atoms with Gasteiger partial charge in [0.05, 0.1) is 0 Å². The van der Waals surface area contributed by atoms with Crippen LogP contribution in [0.5, 0.6) is 0 Å². The van der Waals surface area contributed by atoms with Gasteiger partial charge in [-0.3, -0.25) is 5.32 Å². The van der Waals surface area contributed by atoms with Crippen LogP contribution in [-0.2, 0) is 4.74 Å². The Balaban J connectivity index is 1.40. The van der Waals surface area contributed by atoms with E-state index in [0.717, 1.165) is 0 Å². The summed E-state index contributed by atoms with van der Waals surface area (Å²) in [6, 6.07) is 43.5. The Bertz CT molecular complexity index is 1440. The second-order valence-electron chi connectivity index (χ2n) is 9.67. The van der Waals surface area contributed by atoms with E-state index in [1.54, 1.807) is 0 Å². The largest absolute Gasteiger partial charge is 0.444 e. The van der Waals surface area contributed by atoms with Gasteiger partial charge in [0, 0.05) is 17.5 Å². The number of ether oxygens (including phenoxy) is 1. The number of amides is 1. The third-order valence-electron chi connectivity index (χ3n) is 7.68. The molecule has 0 atom stereocenters. The molecule has 2 aliphatic carbocycles. The Morgan fingerprint density at radius 1 is 0.514 bits per heavy atom. The van der Waals surface area contributed by atoms with Crippen LogP contribution in [0.1, 0.15) is 34.1 Å². The number of anilines is 1. The van der Waals surface area contributed by atoms with Crippen LogP contribution in [0.4, 0.5) is 10.5 Å². The Morgan fingerprint density at radius 3 is 1.27 bits per heavy atom. The summed E-state index contributed by atoms with van der Waals surface area (Å²) in [6.07, 6.45) is -0.891. The molecule has 0 saturated carbocycles. The van der Waals surface area contributed by atoms with E-state index in [-0.39, 0.29) is 11.8 Å². The van der Waals surface area contributed by atoms with E-state index in [0.29, 0.717) is 5.69 Å². The Labute approximate surface area is 216 Å². The van der Waals surface area contributed by atoms with Gasteiger partial charge in [-0.1, -0.05) is 115 Å². The zero-order valence-corrected chi connectivity index (χ0v) is 20.2. The summed E-state index contributed by atoms with van der Waals surface area (Å²) >= 11 is 0. The van der Waals surface area contributed by atoms with Crippen molar-refractivity contribution < 1.29 is 9.53 Å². The summed E-state index contributed by atoms with van der Waals surface area (Å²) in [7, 11) is 0. The molecule has 0 radical (unpaired) electrons. The van der Waals surface area contributed by atoms with E-state index < -0.39 is 12.2 Å². The number of para-hydroxylation sites is 1. The van der Waals surface area contributed by atoms with Crippen LogP contribution in [0.3, 0.4) is 0 Å². The average molecular weight is 480 g/mol. The number of hydrogen-bond acceptors (Lipinski definition) is 2. The average Bonchev–Trinajstić information content (AvgIpc) is 3.46. The van der Waals surface area contributed by atoms with Crippen LogP contribution in [-0.4, -0.2) is 12.2 Å². The Kier molecular flexibility index (Phi) is 5.14. The first-order valence-electron chi connectivity index (χ1n) is 12.7. The number of rotatable bonds is 4. The fourth-order valence-corrected chi connectivity index (χ4v) is 6.22. The highest BCUT2D eigenvalue weighted by molar-refractivity contribution is 5.86. The maximum Gasteiger partial charge on any atom is 0.411 e. The lowest BCUT2D eigenvalue weighted by Crippen LogP contribution is -2.33. The fourth-order valence-electron chi connectivity index (χ4n) is 6.22. The summed E-state index contributed by atoms with van der Waals surface area (Å²) in [6.45, 7) is 0. The van der Waals surface area contributed by atoms with Gasteiger partial charge in [0.2, 0.25) is 0 Å². The van der Waals surface area contributed by atoms with Crippen molar-refractivity contribution in [2.24, 2.45) is 0 Å². The molecule has 7 rings (SSSR count). The van der Waals surface area contributed by atoms with Crippen LogP contribution < -0.4 is 5.32 Å². The zero-order chi connectivity index (χ0) is 24.8. The summed E-state index contributed by atoms with van der Waals surface area (Å²) in [5, 5.41) is 2.95. The quantitative estimate of drug-likeness (QED) is 0.282. The van der Waals surface area contributed by atoms with Gasteiger partial charge in [0.15, 0.2) is 0 Å². The van der Waals surface area contributed by atoms with Gasteiger partial charge in [-0.05, 0) is 56.6 Å². The van der Waals surface area contributed by atoms with Gasteiger partial charge in [0.25, 0.3) is 0 Å². The SMILES string of the molecule is O=C(Nc1ccccc1)OC(C1c2ccccc2-c2ccccc21)C1c2ccccc2-c2ccccc21. The van der Waals surface area contributed by atoms with Crippen LogP contribution >= 0.6 is 0 Å². The number of benzene rings is 5. The van der Waals surface area contributed by atoms with Crippen molar-refractivity contribution in [1.82, 2.24) is 0 Å². The molecular formula is C34H25NO2. The highest BCUT2D eigenvalue weighted by Gasteiger charge is 2.45. The lowest BCUT2D eigenvalue weighted by molar-refractivity contribution is 0.0919. The maximum absolute atomic E-state index is 13.5. The van der Waals surface area contributed by atoms with Gasteiger partial charge < -0.3 is 4.74 Å². The van der Waals surface area contributed by atoms with Crippen molar-refractivity contribution in [3.8, 4) is 22.3 Å². The summed E-state index contributed by atoms with van der Waals surface area (Å²) in [5.74, 6) is -0.198. The first-order valence-corrected chi connectivity index (χ1v) is 12.7. The van der Waals surface area contributed by atoms with Crippen LogP contribution in [0, 0.1) is 0 Å². The number of nitrogens with one attached hydrogen (secondary N) is 1. The molecule has 0 bridgehead atoms. The molecule has 0 saturated heterocycles. The monoisotopic (exact) mass is 479 g/mol. The van der Waals surface area contributed by atoms with Crippen LogP contribution in [0.2, 0.25) is 0 Å². The second kappa shape index (κ2) is 8.79. The molecule has 0 fully saturated rings. The molecule has 178 valence electrons. The third-order valence-corrected chi connectivity index (χ3v) is 7.68. The molecular weight excluding hydrogens is 454 g/mol. The van der Waals surface area contributed by atoms with E-state index in [1.165, 1.54) is 44.5 Å². The van der Waals surface area contributed by atoms with Gasteiger partial charge in [-0.15, -0.1) is 0 Å². The van der Waals surface area contributed by atoms with Crippen molar-refractivity contribution in [2.45, 2.75) is 17.9 Å². The molecule has 0 spiro atoms. The summed E-state index contributed by atoms with van der Waals surface area (Å²) in [4.78, 5) is 13.5. The van der Waals surface area contributed by atoms with Crippen molar-refractivity contribution in [3.05, 3.63) is 150 Å². The van der Waals surface area contributed by atoms with Crippen molar-refractivity contribution >= 4 is 11.8 Å². The number of carbonyl (C=O) groups is 1. The molecule has 2 aliphatic rings. The molecule has 0 aliphatic heterocycles. The van der Waals surface area contributed by atoms with Crippen molar-refractivity contribution in [3.63, 3.8) is 0 Å².